The zero-order valence-electron chi connectivity index (χ0n) is 17.9. The molecule has 0 aliphatic carbocycles. The summed E-state index contributed by atoms with van der Waals surface area (Å²) in [6, 6.07) is 16.2. The van der Waals surface area contributed by atoms with Gasteiger partial charge in [-0.1, -0.05) is 30.3 Å². The molecule has 166 valence electrons. The lowest BCUT2D eigenvalue weighted by molar-refractivity contribution is -0.121. The SMILES string of the molecule is CCOc1ccc(NC(=O)C(C)N2CCN(S(=O)(=O)/C=C/c3ccccc3)CC2)cc1. The molecule has 1 unspecified atom stereocenters. The maximum Gasteiger partial charge on any atom is 0.241 e. The maximum atomic E-state index is 12.6. The van der Waals surface area contributed by atoms with Crippen LogP contribution in [0, 0.1) is 0 Å². The van der Waals surface area contributed by atoms with Gasteiger partial charge in [-0.15, -0.1) is 0 Å². The molecule has 1 amide bonds. The number of nitrogens with zero attached hydrogens (tertiary/aromatic N) is 2. The van der Waals surface area contributed by atoms with Gasteiger partial charge in [-0.05, 0) is 49.8 Å². The molecule has 0 bridgehead atoms. The van der Waals surface area contributed by atoms with Crippen LogP contribution in [0.15, 0.2) is 60.0 Å². The van der Waals surface area contributed by atoms with Crippen molar-refractivity contribution in [2.45, 2.75) is 19.9 Å². The summed E-state index contributed by atoms with van der Waals surface area (Å²) in [6.45, 7) is 6.04. The highest BCUT2D eigenvalue weighted by atomic mass is 32.2. The van der Waals surface area contributed by atoms with Crippen LogP contribution >= 0.6 is 0 Å². The van der Waals surface area contributed by atoms with Crippen LogP contribution in [0.25, 0.3) is 6.08 Å². The molecule has 1 saturated heterocycles. The van der Waals surface area contributed by atoms with Gasteiger partial charge >= 0.3 is 0 Å². The summed E-state index contributed by atoms with van der Waals surface area (Å²) in [5, 5.41) is 4.16. The molecule has 3 rings (SSSR count). The first kappa shape index (κ1) is 23.0. The minimum absolute atomic E-state index is 0.121. The fourth-order valence-electron chi connectivity index (χ4n) is 3.37. The van der Waals surface area contributed by atoms with Crippen molar-refractivity contribution < 1.29 is 17.9 Å². The van der Waals surface area contributed by atoms with Crippen LogP contribution in [0.1, 0.15) is 19.4 Å². The fourth-order valence-corrected chi connectivity index (χ4v) is 4.55. The predicted molar refractivity (Wildman–Crippen MR) is 123 cm³/mol. The first-order valence-electron chi connectivity index (χ1n) is 10.4. The van der Waals surface area contributed by atoms with Gasteiger partial charge in [-0.2, -0.15) is 4.31 Å². The number of nitrogens with one attached hydrogen (secondary N) is 1. The Morgan fingerprint density at radius 2 is 1.71 bits per heavy atom. The van der Waals surface area contributed by atoms with E-state index in [-0.39, 0.29) is 11.9 Å². The summed E-state index contributed by atoms with van der Waals surface area (Å²) < 4.78 is 32.1. The van der Waals surface area contributed by atoms with E-state index in [2.05, 4.69) is 5.32 Å². The van der Waals surface area contributed by atoms with Crippen molar-refractivity contribution in [3.8, 4) is 5.75 Å². The monoisotopic (exact) mass is 443 g/mol. The van der Waals surface area contributed by atoms with Crippen LogP contribution in [0.3, 0.4) is 0 Å². The van der Waals surface area contributed by atoms with Crippen molar-refractivity contribution >= 4 is 27.7 Å². The number of benzene rings is 2. The van der Waals surface area contributed by atoms with Gasteiger partial charge in [-0.25, -0.2) is 8.42 Å². The minimum Gasteiger partial charge on any atom is -0.494 e. The fraction of sp³-hybridized carbons (Fsp3) is 0.348. The molecule has 2 aromatic carbocycles. The van der Waals surface area contributed by atoms with E-state index in [1.54, 1.807) is 18.2 Å². The molecule has 0 aromatic heterocycles. The average Bonchev–Trinajstić information content (AvgIpc) is 2.79. The van der Waals surface area contributed by atoms with Gasteiger partial charge in [0.25, 0.3) is 0 Å². The van der Waals surface area contributed by atoms with Crippen molar-refractivity contribution in [3.63, 3.8) is 0 Å². The number of piperazine rings is 1. The molecule has 7 nitrogen and oxygen atoms in total. The van der Waals surface area contributed by atoms with Crippen molar-refractivity contribution in [3.05, 3.63) is 65.6 Å². The normalized spacial score (nSPS) is 16.8. The van der Waals surface area contributed by atoms with Crippen molar-refractivity contribution in [1.82, 2.24) is 9.21 Å². The van der Waals surface area contributed by atoms with Crippen molar-refractivity contribution in [1.29, 1.82) is 0 Å². The summed E-state index contributed by atoms with van der Waals surface area (Å²) in [4.78, 5) is 14.6. The van der Waals surface area contributed by atoms with E-state index < -0.39 is 10.0 Å². The second-order valence-corrected chi connectivity index (χ2v) is 9.13. The molecular weight excluding hydrogens is 414 g/mol. The van der Waals surface area contributed by atoms with Gasteiger partial charge in [0, 0.05) is 37.3 Å². The lowest BCUT2D eigenvalue weighted by atomic mass is 10.2. The van der Waals surface area contributed by atoms with Gasteiger partial charge in [0.05, 0.1) is 12.6 Å². The van der Waals surface area contributed by atoms with E-state index in [4.69, 9.17) is 4.74 Å². The molecular formula is C23H29N3O4S. The van der Waals surface area contributed by atoms with Crippen LogP contribution in [-0.4, -0.2) is 62.4 Å². The third kappa shape index (κ3) is 6.40. The van der Waals surface area contributed by atoms with Gasteiger partial charge in [-0.3, -0.25) is 9.69 Å². The van der Waals surface area contributed by atoms with Gasteiger partial charge in [0.15, 0.2) is 0 Å². The zero-order valence-corrected chi connectivity index (χ0v) is 18.7. The molecule has 0 saturated carbocycles. The van der Waals surface area contributed by atoms with E-state index in [9.17, 15) is 13.2 Å². The van der Waals surface area contributed by atoms with Crippen molar-refractivity contribution in [2.75, 3.05) is 38.1 Å². The van der Waals surface area contributed by atoms with E-state index >= 15 is 0 Å². The third-order valence-electron chi connectivity index (χ3n) is 5.23. The smallest absolute Gasteiger partial charge is 0.241 e. The number of carbonyl (C=O) groups excluding carboxylic acids is 1. The number of amides is 1. The number of ether oxygens (including phenoxy) is 1. The Balaban J connectivity index is 1.52. The Morgan fingerprint density at radius 1 is 1.06 bits per heavy atom. The zero-order chi connectivity index (χ0) is 22.3. The number of sulfonamides is 1. The molecule has 31 heavy (non-hydrogen) atoms. The van der Waals surface area contributed by atoms with Crippen LogP contribution in [0.4, 0.5) is 5.69 Å². The predicted octanol–water partition coefficient (Wildman–Crippen LogP) is 3.03. The Bertz CT molecular complexity index is 983. The van der Waals surface area contributed by atoms with E-state index in [1.165, 1.54) is 9.71 Å². The third-order valence-corrected chi connectivity index (χ3v) is 6.79. The molecule has 1 heterocycles. The number of anilines is 1. The Morgan fingerprint density at radius 3 is 2.32 bits per heavy atom. The highest BCUT2D eigenvalue weighted by molar-refractivity contribution is 7.92. The van der Waals surface area contributed by atoms with E-state index in [1.807, 2.05) is 61.2 Å². The Hall–Kier alpha value is -2.68. The highest BCUT2D eigenvalue weighted by Crippen LogP contribution is 2.17. The number of hydrogen-bond donors (Lipinski definition) is 1. The van der Waals surface area contributed by atoms with Gasteiger partial charge < -0.3 is 10.1 Å². The quantitative estimate of drug-likeness (QED) is 0.679. The lowest BCUT2D eigenvalue weighted by Crippen LogP contribution is -2.53. The molecule has 1 N–H and O–H groups in total. The van der Waals surface area contributed by atoms with Gasteiger partial charge in [0.2, 0.25) is 15.9 Å². The van der Waals surface area contributed by atoms with Crippen LogP contribution in [-0.2, 0) is 14.8 Å². The topological polar surface area (TPSA) is 79.0 Å². The first-order chi connectivity index (χ1) is 14.9. The molecule has 2 aromatic rings. The summed E-state index contributed by atoms with van der Waals surface area (Å²) in [5.41, 5.74) is 1.54. The maximum absolute atomic E-state index is 12.6. The number of hydrogen-bond acceptors (Lipinski definition) is 5. The summed E-state index contributed by atoms with van der Waals surface area (Å²) in [7, 11) is -3.49. The molecule has 1 atom stereocenters. The number of carbonyl (C=O) groups is 1. The summed E-state index contributed by atoms with van der Waals surface area (Å²) in [5.74, 6) is 0.636. The minimum atomic E-state index is -3.49. The second kappa shape index (κ2) is 10.6. The second-order valence-electron chi connectivity index (χ2n) is 7.32. The summed E-state index contributed by atoms with van der Waals surface area (Å²) in [6.07, 6.45) is 1.61. The Labute approximate surface area is 184 Å². The largest absolute Gasteiger partial charge is 0.494 e. The average molecular weight is 444 g/mol. The number of rotatable bonds is 8. The molecule has 0 radical (unpaired) electrons. The lowest BCUT2D eigenvalue weighted by Gasteiger charge is -2.36. The molecule has 8 heteroatoms. The first-order valence-corrected chi connectivity index (χ1v) is 11.9. The standard InChI is InChI=1S/C23H29N3O4S/c1-3-30-22-11-9-21(10-12-22)24-23(27)19(2)25-14-16-26(17-15-25)31(28,29)18-13-20-7-5-4-6-8-20/h4-13,18-19H,3,14-17H2,1-2H3,(H,24,27)/b18-13+. The van der Waals surface area contributed by atoms with E-state index in [0.717, 1.165) is 11.3 Å². The molecule has 0 spiro atoms. The molecule has 1 aliphatic heterocycles. The highest BCUT2D eigenvalue weighted by Gasteiger charge is 2.29. The van der Waals surface area contributed by atoms with E-state index in [0.29, 0.717) is 38.5 Å². The Kier molecular flexibility index (Phi) is 7.84. The molecule has 1 fully saturated rings. The van der Waals surface area contributed by atoms with Crippen LogP contribution in [0.2, 0.25) is 0 Å². The van der Waals surface area contributed by atoms with Crippen LogP contribution < -0.4 is 10.1 Å². The van der Waals surface area contributed by atoms with Crippen LogP contribution in [0.5, 0.6) is 5.75 Å². The van der Waals surface area contributed by atoms with Crippen molar-refractivity contribution in [2.24, 2.45) is 0 Å². The molecule has 1 aliphatic rings. The van der Waals surface area contributed by atoms with Gasteiger partial charge in [0.1, 0.15) is 5.75 Å². The summed E-state index contributed by atoms with van der Waals surface area (Å²) >= 11 is 0.